The molecule has 1 heterocycles. The van der Waals surface area contributed by atoms with E-state index in [1.165, 1.54) is 0 Å². The van der Waals surface area contributed by atoms with Gasteiger partial charge in [-0.25, -0.2) is 0 Å². The van der Waals surface area contributed by atoms with Crippen molar-refractivity contribution in [2.24, 2.45) is 11.8 Å². The van der Waals surface area contributed by atoms with E-state index in [0.717, 1.165) is 38.9 Å². The van der Waals surface area contributed by atoms with Gasteiger partial charge in [-0.1, -0.05) is 0 Å². The second-order valence-corrected chi connectivity index (χ2v) is 3.67. The molecule has 2 nitrogen and oxygen atoms in total. The molecule has 0 aromatic rings. The summed E-state index contributed by atoms with van der Waals surface area (Å²) in [7, 11) is 0. The van der Waals surface area contributed by atoms with Crippen molar-refractivity contribution >= 4 is 5.78 Å². The fourth-order valence-corrected chi connectivity index (χ4v) is 1.60. The highest BCUT2D eigenvalue weighted by Crippen LogP contribution is 2.33. The number of carbonyl (C=O) groups is 1. The molecule has 0 amide bonds. The lowest BCUT2D eigenvalue weighted by molar-refractivity contribution is -0.121. The number of carbonyl (C=O) groups excluding carboxylic acids is 1. The van der Waals surface area contributed by atoms with Crippen molar-refractivity contribution in [1.29, 1.82) is 0 Å². The van der Waals surface area contributed by atoms with Crippen LogP contribution in [0.5, 0.6) is 0 Å². The maximum atomic E-state index is 11.3. The highest BCUT2D eigenvalue weighted by Gasteiger charge is 2.31. The first kappa shape index (κ1) is 7.29. The van der Waals surface area contributed by atoms with Crippen LogP contribution >= 0.6 is 0 Å². The lowest BCUT2D eigenvalue weighted by atomic mass is 10.00. The number of Topliss-reactive ketones (excluding diaryl/α,β-unsaturated/α-hetero) is 1. The largest absolute Gasteiger partial charge is 0.381 e. The molecule has 1 saturated heterocycles. The topological polar surface area (TPSA) is 26.3 Å². The molecule has 2 fully saturated rings. The summed E-state index contributed by atoms with van der Waals surface area (Å²) in [5, 5.41) is 0. The van der Waals surface area contributed by atoms with E-state index in [-0.39, 0.29) is 0 Å². The van der Waals surface area contributed by atoms with E-state index < -0.39 is 0 Å². The quantitative estimate of drug-likeness (QED) is 0.614. The molecule has 0 aromatic carbocycles. The minimum Gasteiger partial charge on any atom is -0.381 e. The molecule has 0 aromatic heterocycles. The molecular weight excluding hydrogens is 140 g/mol. The maximum absolute atomic E-state index is 11.3. The first-order valence-electron chi connectivity index (χ1n) is 4.46. The van der Waals surface area contributed by atoms with Crippen molar-refractivity contribution in [1.82, 2.24) is 0 Å². The third-order valence-corrected chi connectivity index (χ3v) is 2.55. The molecule has 0 spiro atoms. The molecule has 2 aliphatic rings. The predicted molar refractivity (Wildman–Crippen MR) is 41.3 cm³/mol. The Hall–Kier alpha value is -0.370. The van der Waals surface area contributed by atoms with Crippen LogP contribution in [0.2, 0.25) is 0 Å². The van der Waals surface area contributed by atoms with Crippen molar-refractivity contribution < 1.29 is 9.53 Å². The lowest BCUT2D eigenvalue weighted by Crippen LogP contribution is -2.09. The molecule has 0 bridgehead atoms. The van der Waals surface area contributed by atoms with Gasteiger partial charge in [-0.15, -0.1) is 0 Å². The predicted octanol–water partition coefficient (Wildman–Crippen LogP) is 1.39. The van der Waals surface area contributed by atoms with Gasteiger partial charge in [0, 0.05) is 25.6 Å². The van der Waals surface area contributed by atoms with Crippen LogP contribution in [-0.2, 0) is 9.53 Å². The number of ketones is 1. The van der Waals surface area contributed by atoms with Gasteiger partial charge >= 0.3 is 0 Å². The van der Waals surface area contributed by atoms with Gasteiger partial charge < -0.3 is 4.74 Å². The summed E-state index contributed by atoms with van der Waals surface area (Å²) in [5.41, 5.74) is 0. The Labute approximate surface area is 66.9 Å². The average Bonchev–Trinajstić information content (AvgIpc) is 2.73. The van der Waals surface area contributed by atoms with Crippen LogP contribution in [0.15, 0.2) is 0 Å². The molecule has 2 heteroatoms. The van der Waals surface area contributed by atoms with Crippen LogP contribution < -0.4 is 0 Å². The smallest absolute Gasteiger partial charge is 0.136 e. The van der Waals surface area contributed by atoms with Crippen molar-refractivity contribution in [3.05, 3.63) is 0 Å². The van der Waals surface area contributed by atoms with Gasteiger partial charge in [-0.2, -0.15) is 0 Å². The summed E-state index contributed by atoms with van der Waals surface area (Å²) < 4.78 is 5.21. The highest BCUT2D eigenvalue weighted by atomic mass is 16.5. The fourth-order valence-electron chi connectivity index (χ4n) is 1.60. The van der Waals surface area contributed by atoms with Crippen LogP contribution in [0.25, 0.3) is 0 Å². The second-order valence-electron chi connectivity index (χ2n) is 3.67. The summed E-state index contributed by atoms with van der Waals surface area (Å²) in [6.45, 7) is 1.68. The first-order chi connectivity index (χ1) is 5.36. The van der Waals surface area contributed by atoms with Gasteiger partial charge in [0.2, 0.25) is 0 Å². The van der Waals surface area contributed by atoms with E-state index in [2.05, 4.69) is 0 Å². The molecule has 1 saturated carbocycles. The third-order valence-electron chi connectivity index (χ3n) is 2.55. The minimum atomic E-state index is 0.440. The molecule has 11 heavy (non-hydrogen) atoms. The van der Waals surface area contributed by atoms with Crippen molar-refractivity contribution in [3.63, 3.8) is 0 Å². The summed E-state index contributed by atoms with van der Waals surface area (Å²) >= 11 is 0. The fraction of sp³-hybridized carbons (Fsp3) is 0.889. The molecule has 1 aliphatic carbocycles. The Bertz CT molecular complexity index is 155. The Morgan fingerprint density at radius 1 is 1.36 bits per heavy atom. The Morgan fingerprint density at radius 2 is 2.18 bits per heavy atom. The monoisotopic (exact) mass is 154 g/mol. The van der Waals surface area contributed by atoms with E-state index in [0.29, 0.717) is 17.6 Å². The van der Waals surface area contributed by atoms with Gasteiger partial charge in [-0.05, 0) is 25.2 Å². The number of ether oxygens (including phenoxy) is 1. The summed E-state index contributed by atoms with van der Waals surface area (Å²) in [4.78, 5) is 11.3. The van der Waals surface area contributed by atoms with Crippen LogP contribution in [0.4, 0.5) is 0 Å². The van der Waals surface area contributed by atoms with Crippen LogP contribution in [-0.4, -0.2) is 19.0 Å². The molecule has 62 valence electrons. The Morgan fingerprint density at radius 3 is 2.73 bits per heavy atom. The van der Waals surface area contributed by atoms with Crippen molar-refractivity contribution in [2.45, 2.75) is 25.7 Å². The Balaban J connectivity index is 1.74. The maximum Gasteiger partial charge on any atom is 0.136 e. The number of hydrogen-bond acceptors (Lipinski definition) is 2. The van der Waals surface area contributed by atoms with Gasteiger partial charge in [0.25, 0.3) is 0 Å². The molecule has 0 N–H and O–H groups in total. The second kappa shape index (κ2) is 2.94. The normalized spacial score (nSPS) is 30.7. The van der Waals surface area contributed by atoms with E-state index in [9.17, 15) is 4.79 Å². The Kier molecular flexibility index (Phi) is 1.95. The third kappa shape index (κ3) is 1.80. The van der Waals surface area contributed by atoms with Crippen LogP contribution in [0, 0.1) is 11.8 Å². The lowest BCUT2D eigenvalue weighted by Gasteiger charge is -2.03. The first-order valence-corrected chi connectivity index (χ1v) is 4.46. The molecule has 0 radical (unpaired) electrons. The van der Waals surface area contributed by atoms with Crippen molar-refractivity contribution in [2.75, 3.05) is 13.2 Å². The van der Waals surface area contributed by atoms with E-state index in [1.54, 1.807) is 0 Å². The molecule has 2 rings (SSSR count). The molecule has 1 aliphatic heterocycles. The SMILES string of the molecule is O=C(CC1CCOC1)C1CC1. The van der Waals surface area contributed by atoms with Crippen LogP contribution in [0.3, 0.4) is 0 Å². The van der Waals surface area contributed by atoms with Gasteiger partial charge in [-0.3, -0.25) is 4.79 Å². The molecule has 1 atom stereocenters. The van der Waals surface area contributed by atoms with Crippen molar-refractivity contribution in [3.8, 4) is 0 Å². The summed E-state index contributed by atoms with van der Waals surface area (Å²) in [6.07, 6.45) is 4.17. The zero-order valence-corrected chi connectivity index (χ0v) is 6.71. The number of hydrogen-bond donors (Lipinski definition) is 0. The van der Waals surface area contributed by atoms with E-state index in [4.69, 9.17) is 4.74 Å². The highest BCUT2D eigenvalue weighted by molar-refractivity contribution is 5.83. The van der Waals surface area contributed by atoms with E-state index in [1.807, 2.05) is 0 Å². The minimum absolute atomic E-state index is 0.440. The summed E-state index contributed by atoms with van der Waals surface area (Å²) in [6, 6.07) is 0. The van der Waals surface area contributed by atoms with Crippen LogP contribution in [0.1, 0.15) is 25.7 Å². The zero-order valence-electron chi connectivity index (χ0n) is 6.71. The van der Waals surface area contributed by atoms with Gasteiger partial charge in [0.1, 0.15) is 5.78 Å². The van der Waals surface area contributed by atoms with E-state index >= 15 is 0 Å². The average molecular weight is 154 g/mol. The number of rotatable bonds is 3. The molecule has 1 unspecified atom stereocenters. The zero-order chi connectivity index (χ0) is 7.68. The molecular formula is C9H14O2. The van der Waals surface area contributed by atoms with Gasteiger partial charge in [0.15, 0.2) is 0 Å². The summed E-state index contributed by atoms with van der Waals surface area (Å²) in [5.74, 6) is 1.47. The standard InChI is InChI=1S/C9H14O2/c10-9(8-1-2-8)5-7-3-4-11-6-7/h7-8H,1-6H2. The van der Waals surface area contributed by atoms with Gasteiger partial charge in [0.05, 0.1) is 0 Å².